The molecule has 0 aromatic heterocycles. The highest BCUT2D eigenvalue weighted by molar-refractivity contribution is 5.82. The van der Waals surface area contributed by atoms with Gasteiger partial charge in [0.25, 0.3) is 0 Å². The van der Waals surface area contributed by atoms with Crippen molar-refractivity contribution in [2.45, 2.75) is 137 Å². The number of aliphatic hydroxyl groups excluding tert-OH is 2. The van der Waals surface area contributed by atoms with Crippen molar-refractivity contribution < 1.29 is 24.6 Å². The van der Waals surface area contributed by atoms with Crippen LogP contribution in [0.4, 0.5) is 0 Å². The quantitative estimate of drug-likeness (QED) is 0.331. The fourth-order valence-corrected chi connectivity index (χ4v) is 10.8. The summed E-state index contributed by atoms with van der Waals surface area (Å²) in [5.74, 6) is 4.00. The van der Waals surface area contributed by atoms with Gasteiger partial charge in [-0.05, 0) is 104 Å². The number of nitrogens with one attached hydrogen (secondary N) is 1. The van der Waals surface area contributed by atoms with Crippen molar-refractivity contribution in [3.63, 3.8) is 0 Å². The van der Waals surface area contributed by atoms with Gasteiger partial charge in [0.2, 0.25) is 5.91 Å². The first-order valence-corrected chi connectivity index (χ1v) is 17.7. The first-order valence-electron chi connectivity index (χ1n) is 17.7. The number of hydrogen-bond acceptors (Lipinski definition) is 6. The predicted molar refractivity (Wildman–Crippen MR) is 170 cm³/mol. The molecule has 2 bridgehead atoms. The number of carbonyl (C=O) groups excluding carboxylic acids is 1. The summed E-state index contributed by atoms with van der Waals surface area (Å²) >= 11 is 0. The van der Waals surface area contributed by atoms with Crippen molar-refractivity contribution in [1.82, 2.24) is 10.4 Å². The number of hydrogen-bond donors (Lipinski definition) is 3. The maximum absolute atomic E-state index is 14.1. The van der Waals surface area contributed by atoms with Gasteiger partial charge in [-0.3, -0.25) is 9.63 Å². The first kappa shape index (κ1) is 33.6. The number of hydroxylamine groups is 2. The molecule has 7 heteroatoms. The second-order valence-electron chi connectivity index (χ2n) is 17.4. The Labute approximate surface area is 262 Å². The molecule has 14 atom stereocenters. The van der Waals surface area contributed by atoms with Crippen molar-refractivity contribution in [2.75, 3.05) is 20.3 Å². The molecule has 0 aromatic carbocycles. The van der Waals surface area contributed by atoms with E-state index in [1.807, 2.05) is 12.2 Å². The van der Waals surface area contributed by atoms with Crippen molar-refractivity contribution >= 4 is 5.91 Å². The Morgan fingerprint density at radius 2 is 1.84 bits per heavy atom. The van der Waals surface area contributed by atoms with Crippen LogP contribution in [0.25, 0.3) is 0 Å². The molecular formula is C36H64N2O5. The minimum Gasteiger partial charge on any atom is -0.394 e. The highest BCUT2D eigenvalue weighted by atomic mass is 16.7. The van der Waals surface area contributed by atoms with Gasteiger partial charge in [0.05, 0.1) is 18.8 Å². The highest BCUT2D eigenvalue weighted by Gasteiger charge is 2.58. The molecule has 7 nitrogen and oxygen atoms in total. The minimum absolute atomic E-state index is 0.0618. The lowest BCUT2D eigenvalue weighted by atomic mass is 9.45. The van der Waals surface area contributed by atoms with Crippen molar-refractivity contribution in [3.05, 3.63) is 0 Å². The van der Waals surface area contributed by atoms with Gasteiger partial charge in [-0.2, -0.15) is 5.06 Å². The van der Waals surface area contributed by atoms with E-state index < -0.39 is 24.2 Å². The average Bonchev–Trinajstić information content (AvgIpc) is 3.31. The normalized spacial score (nSPS) is 45.8. The van der Waals surface area contributed by atoms with E-state index in [0.717, 1.165) is 31.1 Å². The topological polar surface area (TPSA) is 91.3 Å². The Bertz CT molecular complexity index is 964. The van der Waals surface area contributed by atoms with E-state index in [9.17, 15) is 15.0 Å². The van der Waals surface area contributed by atoms with Crippen LogP contribution in [-0.4, -0.2) is 71.8 Å². The largest absolute Gasteiger partial charge is 0.394 e. The number of aliphatic hydroxyl groups is 2. The Kier molecular flexibility index (Phi) is 10.0. The molecule has 1 amide bonds. The molecule has 1 saturated heterocycles. The van der Waals surface area contributed by atoms with E-state index >= 15 is 0 Å². The molecule has 43 heavy (non-hydrogen) atoms. The molecule has 3 N–H and O–H groups in total. The van der Waals surface area contributed by atoms with Gasteiger partial charge in [-0.1, -0.05) is 54.9 Å². The van der Waals surface area contributed by atoms with Gasteiger partial charge in [-0.15, -0.1) is 0 Å². The second-order valence-corrected chi connectivity index (χ2v) is 17.4. The molecule has 5 aliphatic carbocycles. The second kappa shape index (κ2) is 12.8. The van der Waals surface area contributed by atoms with Gasteiger partial charge in [-0.25, -0.2) is 0 Å². The number of rotatable bonds is 8. The molecule has 0 spiro atoms. The van der Waals surface area contributed by atoms with E-state index in [0.29, 0.717) is 47.0 Å². The monoisotopic (exact) mass is 604 g/mol. The molecule has 0 radical (unpaired) electrons. The number of methoxy groups -OCH3 is 1. The van der Waals surface area contributed by atoms with E-state index in [4.69, 9.17) is 9.57 Å². The highest BCUT2D eigenvalue weighted by Crippen LogP contribution is 2.61. The van der Waals surface area contributed by atoms with Crippen molar-refractivity contribution in [2.24, 2.45) is 64.1 Å². The number of amides is 1. The van der Waals surface area contributed by atoms with Crippen LogP contribution in [0.5, 0.6) is 0 Å². The molecule has 0 aromatic rings. The zero-order chi connectivity index (χ0) is 31.4. The van der Waals surface area contributed by atoms with Gasteiger partial charge in [0.15, 0.2) is 0 Å². The Morgan fingerprint density at radius 3 is 2.42 bits per heavy atom. The van der Waals surface area contributed by atoms with Crippen LogP contribution in [0.2, 0.25) is 0 Å². The standard InChI is InChI=1S/C36H64N2O5/c1-20-13-24(15-25(14-20)35(4,5)6)27-12-10-11-23(33(27)42-9)18-38-32(31(22(3)40)30(19-39)43-38)34(41)37-29-17-26-16-28(21(29)2)36(26,7)8/h20-33,39-40H,10-19H2,1-9H3,(H,37,41)/t20?,21-,22-,23?,24?,25?,26+,27?,28-,29-,30-,31+,32-,33?/m0/s1. The summed E-state index contributed by atoms with van der Waals surface area (Å²) in [5.41, 5.74) is 0.665. The maximum Gasteiger partial charge on any atom is 0.240 e. The van der Waals surface area contributed by atoms with E-state index in [-0.39, 0.29) is 30.6 Å². The molecule has 1 aliphatic heterocycles. The fraction of sp³-hybridized carbons (Fsp3) is 0.972. The minimum atomic E-state index is -0.774. The molecule has 6 unspecified atom stereocenters. The van der Waals surface area contributed by atoms with Gasteiger partial charge in [0.1, 0.15) is 12.1 Å². The average molecular weight is 605 g/mol. The number of nitrogens with zero attached hydrogens (tertiary/aromatic N) is 1. The zero-order valence-electron chi connectivity index (χ0n) is 28.7. The fourth-order valence-electron chi connectivity index (χ4n) is 10.8. The molecule has 6 fully saturated rings. The predicted octanol–water partition coefficient (Wildman–Crippen LogP) is 5.68. The van der Waals surface area contributed by atoms with Crippen LogP contribution in [0.15, 0.2) is 0 Å². The summed E-state index contributed by atoms with van der Waals surface area (Å²) < 4.78 is 6.35. The number of fused-ring (bicyclic) bond motifs is 2. The first-order chi connectivity index (χ1) is 20.2. The summed E-state index contributed by atoms with van der Waals surface area (Å²) in [5, 5.41) is 26.4. The van der Waals surface area contributed by atoms with Gasteiger partial charge >= 0.3 is 0 Å². The molecule has 6 aliphatic rings. The summed E-state index contributed by atoms with van der Waals surface area (Å²) in [6.45, 7) is 18.8. The van der Waals surface area contributed by atoms with Crippen molar-refractivity contribution in [3.8, 4) is 0 Å². The van der Waals surface area contributed by atoms with E-state index in [1.165, 1.54) is 32.1 Å². The third-order valence-electron chi connectivity index (χ3n) is 13.6. The van der Waals surface area contributed by atoms with Crippen molar-refractivity contribution in [1.29, 1.82) is 0 Å². The Hall–Kier alpha value is -0.730. The SMILES string of the molecule is COC1C(CN2O[C@@H](CO)[C@@H]([C@H](C)O)[C@H]2C(=O)N[C@H]2C[C@H]3C[C@@H]([C@@H]2C)C3(C)C)CCCC1C1CC(C)CC(C(C)(C)C)C1. The van der Waals surface area contributed by atoms with Gasteiger partial charge in [0, 0.05) is 31.5 Å². The molecule has 6 rings (SSSR count). The smallest absolute Gasteiger partial charge is 0.240 e. The van der Waals surface area contributed by atoms with Crippen LogP contribution in [0.1, 0.15) is 107 Å². The maximum atomic E-state index is 14.1. The lowest BCUT2D eigenvalue weighted by molar-refractivity contribution is -0.193. The van der Waals surface area contributed by atoms with Crippen LogP contribution >= 0.6 is 0 Å². The zero-order valence-corrected chi connectivity index (χ0v) is 28.7. The van der Waals surface area contributed by atoms with Crippen LogP contribution < -0.4 is 5.32 Å². The molecule has 248 valence electrons. The van der Waals surface area contributed by atoms with Gasteiger partial charge < -0.3 is 20.3 Å². The summed E-state index contributed by atoms with van der Waals surface area (Å²) in [6.07, 6.45) is 8.26. The molecule has 1 heterocycles. The third-order valence-corrected chi connectivity index (χ3v) is 13.6. The summed E-state index contributed by atoms with van der Waals surface area (Å²) in [7, 11) is 1.87. The third kappa shape index (κ3) is 6.46. The molecule has 5 saturated carbocycles. The Balaban J connectivity index is 1.32. The lowest BCUT2D eigenvalue weighted by Gasteiger charge is -2.62. The number of ether oxygens (including phenoxy) is 1. The molecular weight excluding hydrogens is 540 g/mol. The summed E-state index contributed by atoms with van der Waals surface area (Å²) in [6, 6.07) is -0.489. The Morgan fingerprint density at radius 1 is 1.12 bits per heavy atom. The van der Waals surface area contributed by atoms with Crippen LogP contribution in [0.3, 0.4) is 0 Å². The van der Waals surface area contributed by atoms with E-state index in [2.05, 4.69) is 53.8 Å². The van der Waals surface area contributed by atoms with Crippen LogP contribution in [-0.2, 0) is 14.4 Å². The van der Waals surface area contributed by atoms with Crippen LogP contribution in [0, 0.1) is 64.1 Å². The lowest BCUT2D eigenvalue weighted by Crippen LogP contribution is -2.62. The summed E-state index contributed by atoms with van der Waals surface area (Å²) in [4.78, 5) is 20.5. The number of carbonyl (C=O) groups is 1. The van der Waals surface area contributed by atoms with E-state index in [1.54, 1.807) is 6.92 Å².